The summed E-state index contributed by atoms with van der Waals surface area (Å²) in [4.78, 5) is 4.13. The molecule has 4 N–H and O–H groups in total. The molecule has 62 valence electrons. The van der Waals surface area contributed by atoms with E-state index in [1.807, 2.05) is 18.2 Å². The number of anilines is 1. The number of nitrogens with zero attached hydrogens (tertiary/aromatic N) is 2. The molecule has 2 heterocycles. The van der Waals surface area contributed by atoms with Gasteiger partial charge in [0.05, 0.1) is 6.54 Å². The Kier molecular flexibility index (Phi) is 1.48. The van der Waals surface area contributed by atoms with Gasteiger partial charge in [-0.05, 0) is 18.2 Å². The van der Waals surface area contributed by atoms with Crippen LogP contribution in [0, 0.1) is 0 Å². The highest BCUT2D eigenvalue weighted by Gasteiger charge is 2.14. The molecule has 1 aromatic rings. The first-order valence-corrected chi connectivity index (χ1v) is 3.72. The minimum absolute atomic E-state index is 0.621. The normalized spacial score (nSPS) is 15.4. The van der Waals surface area contributed by atoms with Crippen LogP contribution in [-0.4, -0.2) is 11.5 Å². The molecule has 0 atom stereocenters. The first-order chi connectivity index (χ1) is 5.79. The molecule has 4 nitrogen and oxygen atoms in total. The fraction of sp³-hybridized carbons (Fsp3) is 0.125. The van der Waals surface area contributed by atoms with Crippen LogP contribution in [0.3, 0.4) is 0 Å². The van der Waals surface area contributed by atoms with Crippen molar-refractivity contribution in [3.05, 3.63) is 30.0 Å². The number of hydrazine groups is 1. The molecular formula is C8H10N4. The predicted molar refractivity (Wildman–Crippen MR) is 47.9 cm³/mol. The number of rotatable bonds is 0. The van der Waals surface area contributed by atoms with E-state index in [-0.39, 0.29) is 0 Å². The second-order valence-electron chi connectivity index (χ2n) is 2.69. The molecule has 0 aliphatic carbocycles. The predicted octanol–water partition coefficient (Wildman–Crippen LogP) is 0.0749. The highest BCUT2D eigenvalue weighted by atomic mass is 15.4. The Morgan fingerprint density at radius 3 is 3.08 bits per heavy atom. The third-order valence-electron chi connectivity index (χ3n) is 1.88. The Hall–Kier alpha value is -1.55. The van der Waals surface area contributed by atoms with Crippen molar-refractivity contribution in [1.82, 2.24) is 4.98 Å². The number of aromatic nitrogens is 1. The van der Waals surface area contributed by atoms with Gasteiger partial charge in [0.2, 0.25) is 0 Å². The largest absolute Gasteiger partial charge is 0.398 e. The van der Waals surface area contributed by atoms with E-state index in [9.17, 15) is 0 Å². The zero-order valence-corrected chi connectivity index (χ0v) is 6.57. The number of hydrogen-bond acceptors (Lipinski definition) is 4. The summed E-state index contributed by atoms with van der Waals surface area (Å²) in [6.07, 6.45) is 3.58. The minimum Gasteiger partial charge on any atom is -0.398 e. The lowest BCUT2D eigenvalue weighted by Crippen LogP contribution is -2.35. The number of pyridine rings is 1. The molecule has 0 saturated carbocycles. The highest BCUT2D eigenvalue weighted by molar-refractivity contribution is 5.75. The van der Waals surface area contributed by atoms with E-state index in [0.29, 0.717) is 6.54 Å². The highest BCUT2D eigenvalue weighted by Crippen LogP contribution is 2.23. The van der Waals surface area contributed by atoms with Crippen molar-refractivity contribution in [3.8, 4) is 0 Å². The van der Waals surface area contributed by atoms with Crippen LogP contribution in [0.2, 0.25) is 0 Å². The van der Waals surface area contributed by atoms with Crippen LogP contribution in [0.25, 0.3) is 5.70 Å². The SMILES string of the molecule is NC1=CCN(N)c2ncccc21. The third-order valence-corrected chi connectivity index (χ3v) is 1.88. The van der Waals surface area contributed by atoms with Crippen molar-refractivity contribution in [3.63, 3.8) is 0 Å². The molecule has 1 aliphatic heterocycles. The second kappa shape index (κ2) is 2.49. The standard InChI is InChI=1S/C8H10N4/c9-7-3-5-12(10)8-6(7)2-1-4-11-8/h1-4H,5,9-10H2. The molecule has 0 bridgehead atoms. The molecule has 0 fully saturated rings. The maximum atomic E-state index is 5.75. The summed E-state index contributed by atoms with van der Waals surface area (Å²) in [5, 5.41) is 1.58. The van der Waals surface area contributed by atoms with Crippen LogP contribution in [-0.2, 0) is 0 Å². The molecule has 0 saturated heterocycles. The van der Waals surface area contributed by atoms with E-state index in [2.05, 4.69) is 4.98 Å². The summed E-state index contributed by atoms with van der Waals surface area (Å²) in [7, 11) is 0. The van der Waals surface area contributed by atoms with Crippen molar-refractivity contribution in [1.29, 1.82) is 0 Å². The van der Waals surface area contributed by atoms with Crippen molar-refractivity contribution in [2.45, 2.75) is 0 Å². The second-order valence-corrected chi connectivity index (χ2v) is 2.69. The molecule has 0 spiro atoms. The van der Waals surface area contributed by atoms with Gasteiger partial charge < -0.3 is 5.73 Å². The Labute approximate surface area is 70.5 Å². The molecular weight excluding hydrogens is 152 g/mol. The van der Waals surface area contributed by atoms with Crippen LogP contribution in [0.15, 0.2) is 24.4 Å². The number of nitrogens with two attached hydrogens (primary N) is 2. The maximum absolute atomic E-state index is 5.75. The summed E-state index contributed by atoms with van der Waals surface area (Å²) in [6.45, 7) is 0.621. The van der Waals surface area contributed by atoms with Crippen LogP contribution >= 0.6 is 0 Å². The van der Waals surface area contributed by atoms with Crippen LogP contribution in [0.1, 0.15) is 5.56 Å². The minimum atomic E-state index is 0.621. The number of fused-ring (bicyclic) bond motifs is 1. The van der Waals surface area contributed by atoms with Crippen molar-refractivity contribution in [2.75, 3.05) is 11.6 Å². The fourth-order valence-electron chi connectivity index (χ4n) is 1.24. The lowest BCUT2D eigenvalue weighted by molar-refractivity contribution is 0.894. The van der Waals surface area contributed by atoms with Gasteiger partial charge in [-0.15, -0.1) is 0 Å². The van der Waals surface area contributed by atoms with Crippen molar-refractivity contribution < 1.29 is 0 Å². The zero-order chi connectivity index (χ0) is 8.55. The van der Waals surface area contributed by atoms with E-state index >= 15 is 0 Å². The van der Waals surface area contributed by atoms with Crippen molar-refractivity contribution >= 4 is 11.5 Å². The lowest BCUT2D eigenvalue weighted by Gasteiger charge is -2.23. The van der Waals surface area contributed by atoms with Gasteiger partial charge in [-0.1, -0.05) is 0 Å². The Bertz CT molecular complexity index is 332. The van der Waals surface area contributed by atoms with Crippen molar-refractivity contribution in [2.24, 2.45) is 11.6 Å². The summed E-state index contributed by atoms with van der Waals surface area (Å²) < 4.78 is 0. The average molecular weight is 162 g/mol. The van der Waals surface area contributed by atoms with E-state index in [1.54, 1.807) is 11.2 Å². The van der Waals surface area contributed by atoms with E-state index in [0.717, 1.165) is 17.1 Å². The molecule has 0 amide bonds. The van der Waals surface area contributed by atoms with Gasteiger partial charge in [-0.25, -0.2) is 10.8 Å². The molecule has 12 heavy (non-hydrogen) atoms. The molecule has 4 heteroatoms. The molecule has 0 aromatic carbocycles. The fourth-order valence-corrected chi connectivity index (χ4v) is 1.24. The molecule has 1 aromatic heterocycles. The summed E-state index contributed by atoms with van der Waals surface area (Å²) in [5.74, 6) is 6.43. The molecule has 2 rings (SSSR count). The first-order valence-electron chi connectivity index (χ1n) is 3.72. The molecule has 0 radical (unpaired) electrons. The van der Waals surface area contributed by atoms with Crippen LogP contribution in [0.4, 0.5) is 5.82 Å². The quantitative estimate of drug-likeness (QED) is 0.530. The Balaban J connectivity index is 2.58. The van der Waals surface area contributed by atoms with Crippen LogP contribution < -0.4 is 16.6 Å². The van der Waals surface area contributed by atoms with Gasteiger partial charge in [0.25, 0.3) is 0 Å². The maximum Gasteiger partial charge on any atom is 0.152 e. The third kappa shape index (κ3) is 0.931. The lowest BCUT2D eigenvalue weighted by atomic mass is 10.1. The van der Waals surface area contributed by atoms with Gasteiger partial charge in [0, 0.05) is 17.5 Å². The number of hydrogen-bond donors (Lipinski definition) is 2. The topological polar surface area (TPSA) is 68.2 Å². The first kappa shape index (κ1) is 7.12. The van der Waals surface area contributed by atoms with E-state index < -0.39 is 0 Å². The Morgan fingerprint density at radius 2 is 2.33 bits per heavy atom. The van der Waals surface area contributed by atoms with Gasteiger partial charge >= 0.3 is 0 Å². The van der Waals surface area contributed by atoms with Crippen LogP contribution in [0.5, 0.6) is 0 Å². The summed E-state index contributed by atoms with van der Waals surface area (Å²) >= 11 is 0. The van der Waals surface area contributed by atoms with Gasteiger partial charge in [0.1, 0.15) is 0 Å². The van der Waals surface area contributed by atoms with Gasteiger partial charge in [-0.2, -0.15) is 0 Å². The average Bonchev–Trinajstić information content (AvgIpc) is 2.12. The molecule has 0 unspecified atom stereocenters. The summed E-state index contributed by atoms with van der Waals surface area (Å²) in [5.41, 5.74) is 7.41. The van der Waals surface area contributed by atoms with E-state index in [1.165, 1.54) is 0 Å². The monoisotopic (exact) mass is 162 g/mol. The smallest absolute Gasteiger partial charge is 0.152 e. The summed E-state index contributed by atoms with van der Waals surface area (Å²) in [6, 6.07) is 3.76. The van der Waals surface area contributed by atoms with E-state index in [4.69, 9.17) is 11.6 Å². The van der Waals surface area contributed by atoms with Gasteiger partial charge in [-0.3, -0.25) is 5.01 Å². The molecule has 1 aliphatic rings. The zero-order valence-electron chi connectivity index (χ0n) is 6.57. The Morgan fingerprint density at radius 1 is 1.50 bits per heavy atom. The van der Waals surface area contributed by atoms with Gasteiger partial charge in [0.15, 0.2) is 5.82 Å².